The summed E-state index contributed by atoms with van der Waals surface area (Å²) in [7, 11) is 3.27. The summed E-state index contributed by atoms with van der Waals surface area (Å²) in [6.07, 6.45) is 0.656. The molecule has 2 aromatic rings. The summed E-state index contributed by atoms with van der Waals surface area (Å²) in [6.45, 7) is 3.73. The highest BCUT2D eigenvalue weighted by atomic mass is 16.5. The summed E-state index contributed by atoms with van der Waals surface area (Å²) in [4.78, 5) is 11.6. The van der Waals surface area contributed by atoms with Crippen LogP contribution in [0.5, 0.6) is 11.5 Å². The van der Waals surface area contributed by atoms with Gasteiger partial charge in [-0.3, -0.25) is 4.79 Å². The van der Waals surface area contributed by atoms with Crippen molar-refractivity contribution in [2.24, 2.45) is 5.92 Å². The molecular weight excluding hydrogens is 304 g/mol. The second-order valence-electron chi connectivity index (χ2n) is 6.01. The summed E-state index contributed by atoms with van der Waals surface area (Å²) in [6, 6.07) is 13.6. The van der Waals surface area contributed by atoms with Gasteiger partial charge in [0.05, 0.1) is 20.1 Å². The van der Waals surface area contributed by atoms with E-state index in [9.17, 15) is 9.90 Å². The molecule has 0 aliphatic rings. The van der Waals surface area contributed by atoms with E-state index in [1.54, 1.807) is 21.1 Å². The number of hydrogen-bond donors (Lipinski definition) is 1. The van der Waals surface area contributed by atoms with Crippen LogP contribution < -0.4 is 9.47 Å². The van der Waals surface area contributed by atoms with Crippen LogP contribution in [0.3, 0.4) is 0 Å². The topological polar surface area (TPSA) is 55.8 Å². The van der Waals surface area contributed by atoms with Crippen LogP contribution >= 0.6 is 0 Å². The molecule has 0 radical (unpaired) electrons. The van der Waals surface area contributed by atoms with Gasteiger partial charge in [-0.2, -0.15) is 0 Å². The summed E-state index contributed by atoms with van der Waals surface area (Å²) in [5.74, 6) is 0.217. The van der Waals surface area contributed by atoms with E-state index in [0.717, 1.165) is 28.2 Å². The van der Waals surface area contributed by atoms with Crippen molar-refractivity contribution in [3.05, 3.63) is 59.2 Å². The van der Waals surface area contributed by atoms with Crippen LogP contribution in [0.15, 0.2) is 42.5 Å². The van der Waals surface area contributed by atoms with E-state index in [0.29, 0.717) is 6.42 Å². The zero-order valence-electron chi connectivity index (χ0n) is 14.6. The third-order valence-corrected chi connectivity index (χ3v) is 4.45. The van der Waals surface area contributed by atoms with Gasteiger partial charge >= 0.3 is 5.97 Å². The molecule has 0 aromatic heterocycles. The first-order chi connectivity index (χ1) is 11.5. The number of aryl methyl sites for hydroxylation is 1. The van der Waals surface area contributed by atoms with Crippen molar-refractivity contribution >= 4 is 5.97 Å². The highest BCUT2D eigenvalue weighted by Gasteiger charge is 2.26. The van der Waals surface area contributed by atoms with E-state index in [-0.39, 0.29) is 5.92 Å². The third kappa shape index (κ3) is 4.07. The molecule has 0 amide bonds. The molecule has 4 nitrogen and oxygen atoms in total. The van der Waals surface area contributed by atoms with E-state index in [2.05, 4.69) is 0 Å². The summed E-state index contributed by atoms with van der Waals surface area (Å²) in [5, 5.41) is 9.50. The number of benzene rings is 2. The lowest BCUT2D eigenvalue weighted by molar-refractivity contribution is -0.141. The molecule has 0 saturated heterocycles. The lowest BCUT2D eigenvalue weighted by atomic mass is 9.82. The third-order valence-electron chi connectivity index (χ3n) is 4.45. The van der Waals surface area contributed by atoms with Crippen LogP contribution in [0.25, 0.3) is 0 Å². The Balaban J connectivity index is 2.33. The first kappa shape index (κ1) is 17.9. The van der Waals surface area contributed by atoms with Gasteiger partial charge in [0, 0.05) is 5.92 Å². The smallest absolute Gasteiger partial charge is 0.306 e. The Labute approximate surface area is 143 Å². The Hall–Kier alpha value is -2.49. The normalized spacial score (nSPS) is 13.2. The largest absolute Gasteiger partial charge is 0.497 e. The van der Waals surface area contributed by atoms with Crippen LogP contribution in [0, 0.1) is 12.8 Å². The zero-order valence-corrected chi connectivity index (χ0v) is 14.6. The van der Waals surface area contributed by atoms with Gasteiger partial charge in [-0.15, -0.1) is 0 Å². The standard InChI is InChI=1S/C20H24O4/c1-13-11-16(7-10-19(13)24-4)18(14(2)20(21)22)12-15-5-8-17(23-3)9-6-15/h5-11,14,18H,12H2,1-4H3,(H,21,22). The fourth-order valence-corrected chi connectivity index (χ4v) is 2.90. The molecule has 0 bridgehead atoms. The summed E-state index contributed by atoms with van der Waals surface area (Å²) in [5.41, 5.74) is 3.11. The Morgan fingerprint density at radius 3 is 2.25 bits per heavy atom. The van der Waals surface area contributed by atoms with Crippen molar-refractivity contribution in [3.63, 3.8) is 0 Å². The first-order valence-electron chi connectivity index (χ1n) is 7.96. The van der Waals surface area contributed by atoms with E-state index >= 15 is 0 Å². The Bertz CT molecular complexity index is 691. The van der Waals surface area contributed by atoms with Crippen LogP contribution in [-0.2, 0) is 11.2 Å². The van der Waals surface area contributed by atoms with Crippen LogP contribution in [0.2, 0.25) is 0 Å². The monoisotopic (exact) mass is 328 g/mol. The summed E-state index contributed by atoms with van der Waals surface area (Å²) < 4.78 is 10.5. The van der Waals surface area contributed by atoms with Gasteiger partial charge < -0.3 is 14.6 Å². The molecule has 0 aliphatic carbocycles. The van der Waals surface area contributed by atoms with Gasteiger partial charge in [-0.05, 0) is 48.2 Å². The number of carboxylic acid groups (broad SMARTS) is 1. The Morgan fingerprint density at radius 1 is 1.08 bits per heavy atom. The zero-order chi connectivity index (χ0) is 17.7. The van der Waals surface area contributed by atoms with Gasteiger partial charge in [-0.25, -0.2) is 0 Å². The minimum atomic E-state index is -0.790. The number of ether oxygens (including phenoxy) is 2. The quantitative estimate of drug-likeness (QED) is 0.833. The van der Waals surface area contributed by atoms with Crippen molar-refractivity contribution in [2.75, 3.05) is 14.2 Å². The molecule has 0 fully saturated rings. The maximum atomic E-state index is 11.6. The first-order valence-corrected chi connectivity index (χ1v) is 7.96. The van der Waals surface area contributed by atoms with Gasteiger partial charge in [0.25, 0.3) is 0 Å². The molecule has 2 atom stereocenters. The molecule has 24 heavy (non-hydrogen) atoms. The van der Waals surface area contributed by atoms with E-state index in [1.807, 2.05) is 49.4 Å². The van der Waals surface area contributed by atoms with Crippen LogP contribution in [0.1, 0.15) is 29.5 Å². The number of hydrogen-bond acceptors (Lipinski definition) is 3. The maximum absolute atomic E-state index is 11.6. The minimum absolute atomic E-state index is 0.111. The highest BCUT2D eigenvalue weighted by molar-refractivity contribution is 5.71. The molecule has 0 spiro atoms. The molecule has 2 rings (SSSR count). The van der Waals surface area contributed by atoms with Crippen molar-refractivity contribution in [1.82, 2.24) is 0 Å². The van der Waals surface area contributed by atoms with Crippen molar-refractivity contribution < 1.29 is 19.4 Å². The molecule has 128 valence electrons. The molecule has 2 unspecified atom stereocenters. The lowest BCUT2D eigenvalue weighted by Gasteiger charge is -2.23. The molecular formula is C20H24O4. The maximum Gasteiger partial charge on any atom is 0.306 e. The lowest BCUT2D eigenvalue weighted by Crippen LogP contribution is -2.21. The number of carbonyl (C=O) groups is 1. The van der Waals surface area contributed by atoms with Crippen molar-refractivity contribution in [2.45, 2.75) is 26.2 Å². The average Bonchev–Trinajstić information content (AvgIpc) is 2.59. The Morgan fingerprint density at radius 2 is 1.75 bits per heavy atom. The van der Waals surface area contributed by atoms with Gasteiger partial charge in [-0.1, -0.05) is 31.2 Å². The molecule has 0 heterocycles. The van der Waals surface area contributed by atoms with E-state index in [1.165, 1.54) is 0 Å². The van der Waals surface area contributed by atoms with E-state index in [4.69, 9.17) is 9.47 Å². The summed E-state index contributed by atoms with van der Waals surface area (Å²) >= 11 is 0. The van der Waals surface area contributed by atoms with Crippen LogP contribution in [0.4, 0.5) is 0 Å². The van der Waals surface area contributed by atoms with Gasteiger partial charge in [0.2, 0.25) is 0 Å². The van der Waals surface area contributed by atoms with Gasteiger partial charge in [0.15, 0.2) is 0 Å². The predicted molar refractivity (Wildman–Crippen MR) is 94.0 cm³/mol. The number of methoxy groups -OCH3 is 2. The predicted octanol–water partition coefficient (Wildman–Crippen LogP) is 4.06. The molecule has 1 N–H and O–H groups in total. The average molecular weight is 328 g/mol. The Kier molecular flexibility index (Phi) is 5.85. The van der Waals surface area contributed by atoms with Crippen molar-refractivity contribution in [3.8, 4) is 11.5 Å². The second kappa shape index (κ2) is 7.86. The van der Waals surface area contributed by atoms with Crippen molar-refractivity contribution in [1.29, 1.82) is 0 Å². The minimum Gasteiger partial charge on any atom is -0.497 e. The van der Waals surface area contributed by atoms with Gasteiger partial charge in [0.1, 0.15) is 11.5 Å². The molecule has 4 heteroatoms. The molecule has 0 aliphatic heterocycles. The molecule has 0 saturated carbocycles. The second-order valence-corrected chi connectivity index (χ2v) is 6.01. The number of carboxylic acids is 1. The highest BCUT2D eigenvalue weighted by Crippen LogP contribution is 2.32. The number of rotatable bonds is 7. The SMILES string of the molecule is COc1ccc(CC(c2ccc(OC)c(C)c2)C(C)C(=O)O)cc1. The van der Waals surface area contributed by atoms with E-state index < -0.39 is 11.9 Å². The number of aliphatic carboxylic acids is 1. The fraction of sp³-hybridized carbons (Fsp3) is 0.350. The van der Waals surface area contributed by atoms with Crippen LogP contribution in [-0.4, -0.2) is 25.3 Å². The molecule has 2 aromatic carbocycles. The fourth-order valence-electron chi connectivity index (χ4n) is 2.90.